The molecule has 1 heterocycles. The molecule has 0 radical (unpaired) electrons. The number of halogens is 1. The number of hydrogen-bond donors (Lipinski definition) is 0. The van der Waals surface area contributed by atoms with Crippen molar-refractivity contribution in [3.05, 3.63) is 28.5 Å². The van der Waals surface area contributed by atoms with Gasteiger partial charge in [-0.3, -0.25) is 14.6 Å². The molecule has 1 aromatic carbocycles. The minimum atomic E-state index is -0.426. The van der Waals surface area contributed by atoms with Crippen molar-refractivity contribution < 1.29 is 14.3 Å². The fourth-order valence-electron chi connectivity index (χ4n) is 1.37. The van der Waals surface area contributed by atoms with E-state index in [1.165, 1.54) is 6.92 Å². The summed E-state index contributed by atoms with van der Waals surface area (Å²) in [5, 5.41) is 0. The van der Waals surface area contributed by atoms with Gasteiger partial charge in [-0.2, -0.15) is 0 Å². The highest BCUT2D eigenvalue weighted by molar-refractivity contribution is 9.10. The predicted octanol–water partition coefficient (Wildman–Crippen LogP) is 2.87. The summed E-state index contributed by atoms with van der Waals surface area (Å²) in [4.78, 5) is 27.3. The van der Waals surface area contributed by atoms with Crippen molar-refractivity contribution in [2.45, 2.75) is 20.8 Å². The lowest BCUT2D eigenvalue weighted by atomic mass is 10.3. The number of carbonyl (C=O) groups excluding carboxylic acids is 2. The Morgan fingerprint density at radius 2 is 2.05 bits per heavy atom. The molecule has 2 rings (SSSR count). The number of aromatic nitrogens is 2. The van der Waals surface area contributed by atoms with E-state index in [-0.39, 0.29) is 6.29 Å². The van der Waals surface area contributed by atoms with Gasteiger partial charge in [-0.15, -0.1) is 0 Å². The average molecular weight is 339 g/mol. The number of aryl methyl sites for hydroxylation is 1. The van der Waals surface area contributed by atoms with Gasteiger partial charge in [0, 0.05) is 19.2 Å². The lowest BCUT2D eigenvalue weighted by Crippen LogP contribution is -1.94. The molecular weight excluding hydrogens is 324 g/mol. The summed E-state index contributed by atoms with van der Waals surface area (Å²) >= 11 is 3.45. The van der Waals surface area contributed by atoms with E-state index < -0.39 is 5.78 Å². The van der Waals surface area contributed by atoms with Crippen molar-refractivity contribution in [2.75, 3.05) is 6.61 Å². The van der Waals surface area contributed by atoms with E-state index in [0.29, 0.717) is 6.61 Å². The van der Waals surface area contributed by atoms with Gasteiger partial charge in [0.25, 0.3) is 0 Å². The van der Waals surface area contributed by atoms with E-state index in [2.05, 4.69) is 25.9 Å². The topological polar surface area (TPSA) is 69.2 Å². The Morgan fingerprint density at radius 1 is 1.40 bits per heavy atom. The molecule has 0 aliphatic heterocycles. The largest absolute Gasteiger partial charge is 0.493 e. The third-order valence-corrected chi connectivity index (χ3v) is 2.80. The molecule has 0 unspecified atom stereocenters. The fourth-order valence-corrected chi connectivity index (χ4v) is 1.82. The molecule has 20 heavy (non-hydrogen) atoms. The van der Waals surface area contributed by atoms with Crippen LogP contribution in [0.3, 0.4) is 0 Å². The normalized spacial score (nSPS) is 9.60. The molecule has 0 fully saturated rings. The Morgan fingerprint density at radius 3 is 2.60 bits per heavy atom. The quantitative estimate of drug-likeness (QED) is 0.635. The third-order valence-electron chi connectivity index (χ3n) is 2.18. The number of ether oxygens (including phenoxy) is 1. The molecule has 0 atom stereocenters. The number of hydrogen-bond acceptors (Lipinski definition) is 5. The molecule has 0 saturated carbocycles. The highest BCUT2D eigenvalue weighted by atomic mass is 79.9. The van der Waals surface area contributed by atoms with E-state index in [1.807, 2.05) is 26.0 Å². The van der Waals surface area contributed by atoms with E-state index in [9.17, 15) is 4.79 Å². The van der Waals surface area contributed by atoms with Crippen LogP contribution >= 0.6 is 15.9 Å². The van der Waals surface area contributed by atoms with Crippen LogP contribution in [0, 0.1) is 6.92 Å². The SMILES string of the molecule is CC(=O)C=O.CCOc1cc2ncc(C)nc2cc1Br. The van der Waals surface area contributed by atoms with Gasteiger partial charge in [0.2, 0.25) is 0 Å². The number of Topliss-reactive ketones (excluding diaryl/α,β-unsaturated/α-hetero) is 1. The van der Waals surface area contributed by atoms with Crippen LogP contribution in [0.15, 0.2) is 22.8 Å². The molecule has 0 saturated heterocycles. The lowest BCUT2D eigenvalue weighted by Gasteiger charge is -2.06. The third kappa shape index (κ3) is 4.70. The predicted molar refractivity (Wildman–Crippen MR) is 79.9 cm³/mol. The molecule has 5 nitrogen and oxygen atoms in total. The first-order valence-electron chi connectivity index (χ1n) is 5.99. The zero-order valence-corrected chi connectivity index (χ0v) is 13.1. The van der Waals surface area contributed by atoms with Crippen LogP contribution < -0.4 is 4.74 Å². The number of benzene rings is 1. The zero-order chi connectivity index (χ0) is 15.1. The van der Waals surface area contributed by atoms with Crippen LogP contribution in [0.2, 0.25) is 0 Å². The van der Waals surface area contributed by atoms with Gasteiger partial charge < -0.3 is 4.74 Å². The Balaban J connectivity index is 0.000000347. The molecule has 1 aromatic heterocycles. The lowest BCUT2D eigenvalue weighted by molar-refractivity contribution is -0.128. The summed E-state index contributed by atoms with van der Waals surface area (Å²) in [5.74, 6) is 0.383. The Labute approximate surface area is 125 Å². The summed E-state index contributed by atoms with van der Waals surface area (Å²) in [7, 11) is 0. The van der Waals surface area contributed by atoms with Gasteiger partial charge in [0.15, 0.2) is 12.1 Å². The average Bonchev–Trinajstić information content (AvgIpc) is 2.41. The monoisotopic (exact) mass is 338 g/mol. The van der Waals surface area contributed by atoms with Gasteiger partial charge in [0.1, 0.15) is 5.75 Å². The molecule has 2 aromatic rings. The van der Waals surface area contributed by atoms with Crippen molar-refractivity contribution in [1.29, 1.82) is 0 Å². The van der Waals surface area contributed by atoms with Crippen molar-refractivity contribution in [2.24, 2.45) is 0 Å². The molecule has 6 heteroatoms. The second-order valence-corrected chi connectivity index (χ2v) is 4.80. The summed E-state index contributed by atoms with van der Waals surface area (Å²) in [6, 6.07) is 3.83. The van der Waals surface area contributed by atoms with Crippen LogP contribution in [-0.2, 0) is 9.59 Å². The van der Waals surface area contributed by atoms with Crippen molar-refractivity contribution in [3.63, 3.8) is 0 Å². The Bertz CT molecular complexity index is 629. The van der Waals surface area contributed by atoms with Crippen LogP contribution in [0.5, 0.6) is 5.75 Å². The standard InChI is InChI=1S/C11H11BrN2O.C3H4O2/c1-3-15-11-5-9-10(4-8(11)12)14-7(2)6-13-9;1-3(5)2-4/h4-6H,3H2,1-2H3;2H,1H3. The fraction of sp³-hybridized carbons (Fsp3) is 0.286. The van der Waals surface area contributed by atoms with Crippen LogP contribution in [-0.4, -0.2) is 28.6 Å². The minimum absolute atomic E-state index is 0.278. The Kier molecular flexibility index (Phi) is 6.24. The second kappa shape index (κ2) is 7.69. The van der Waals surface area contributed by atoms with Crippen molar-refractivity contribution in [1.82, 2.24) is 9.97 Å². The van der Waals surface area contributed by atoms with E-state index >= 15 is 0 Å². The number of carbonyl (C=O) groups is 2. The molecular formula is C14H15BrN2O3. The summed E-state index contributed by atoms with van der Waals surface area (Å²) in [6.07, 6.45) is 2.03. The molecule has 0 aliphatic rings. The van der Waals surface area contributed by atoms with Crippen LogP contribution in [0.4, 0.5) is 0 Å². The molecule has 0 spiro atoms. The molecule has 0 N–H and O–H groups in total. The number of nitrogens with zero attached hydrogens (tertiary/aromatic N) is 2. The van der Waals surface area contributed by atoms with Gasteiger partial charge in [-0.05, 0) is 35.8 Å². The van der Waals surface area contributed by atoms with Crippen LogP contribution in [0.25, 0.3) is 11.0 Å². The maximum absolute atomic E-state index is 9.44. The number of fused-ring (bicyclic) bond motifs is 1. The van der Waals surface area contributed by atoms with Crippen LogP contribution in [0.1, 0.15) is 19.5 Å². The van der Waals surface area contributed by atoms with Crippen molar-refractivity contribution >= 4 is 39.0 Å². The number of aldehydes is 1. The maximum Gasteiger partial charge on any atom is 0.192 e. The first kappa shape index (κ1) is 16.2. The zero-order valence-electron chi connectivity index (χ0n) is 11.5. The van der Waals surface area contributed by atoms with E-state index in [1.54, 1.807) is 6.20 Å². The first-order chi connectivity index (χ1) is 9.47. The number of ketones is 1. The Hall–Kier alpha value is -1.82. The summed E-state index contributed by atoms with van der Waals surface area (Å²) < 4.78 is 6.37. The first-order valence-corrected chi connectivity index (χ1v) is 6.78. The van der Waals surface area contributed by atoms with Crippen molar-refractivity contribution in [3.8, 4) is 5.75 Å². The number of rotatable bonds is 3. The van der Waals surface area contributed by atoms with Gasteiger partial charge in [-0.1, -0.05) is 0 Å². The molecule has 0 amide bonds. The van der Waals surface area contributed by atoms with E-state index in [0.717, 1.165) is 26.9 Å². The summed E-state index contributed by atoms with van der Waals surface area (Å²) in [6.45, 7) is 5.74. The van der Waals surface area contributed by atoms with Gasteiger partial charge >= 0.3 is 0 Å². The minimum Gasteiger partial charge on any atom is -0.493 e. The molecule has 0 aliphatic carbocycles. The maximum atomic E-state index is 9.44. The highest BCUT2D eigenvalue weighted by Crippen LogP contribution is 2.28. The molecule has 106 valence electrons. The van der Waals surface area contributed by atoms with E-state index in [4.69, 9.17) is 9.53 Å². The second-order valence-electron chi connectivity index (χ2n) is 3.94. The highest BCUT2D eigenvalue weighted by Gasteiger charge is 2.05. The van der Waals surface area contributed by atoms with Gasteiger partial charge in [-0.25, -0.2) is 4.98 Å². The smallest absolute Gasteiger partial charge is 0.192 e. The molecule has 0 bridgehead atoms. The summed E-state index contributed by atoms with van der Waals surface area (Å²) in [5.41, 5.74) is 2.65. The van der Waals surface area contributed by atoms with Gasteiger partial charge in [0.05, 0.1) is 27.8 Å².